The van der Waals surface area contributed by atoms with E-state index in [0.29, 0.717) is 0 Å². The van der Waals surface area contributed by atoms with E-state index in [1.165, 1.54) is 17.7 Å². The fraction of sp³-hybridized carbons (Fsp3) is 0.240. The molecule has 5 rings (SSSR count). The number of hydrogen-bond acceptors (Lipinski definition) is 4. The normalized spacial score (nSPS) is 18.2. The van der Waals surface area contributed by atoms with Crippen LogP contribution in [0.2, 0.25) is 0 Å². The highest BCUT2D eigenvalue weighted by molar-refractivity contribution is 5.99. The van der Waals surface area contributed by atoms with Crippen LogP contribution in [0.3, 0.4) is 0 Å². The van der Waals surface area contributed by atoms with Crippen LogP contribution in [0.15, 0.2) is 83.9 Å². The average Bonchev–Trinajstić information content (AvgIpc) is 3.21. The molecular weight excluding hydrogens is 377 g/mol. The van der Waals surface area contributed by atoms with Crippen molar-refractivity contribution in [3.63, 3.8) is 0 Å². The Bertz CT molecular complexity index is 1020. The first-order valence-corrected chi connectivity index (χ1v) is 10.4. The summed E-state index contributed by atoms with van der Waals surface area (Å²) in [5, 5.41) is 0. The summed E-state index contributed by atoms with van der Waals surface area (Å²) in [6.07, 6.45) is 1.73. The smallest absolute Gasteiger partial charge is 0.190 e. The molecule has 0 amide bonds. The fourth-order valence-corrected chi connectivity index (χ4v) is 4.10. The molecule has 0 aromatic heterocycles. The minimum absolute atomic E-state index is 0.225. The maximum Gasteiger partial charge on any atom is 0.190 e. The van der Waals surface area contributed by atoms with Gasteiger partial charge in [0.05, 0.1) is 0 Å². The van der Waals surface area contributed by atoms with Gasteiger partial charge >= 0.3 is 0 Å². The van der Waals surface area contributed by atoms with Crippen molar-refractivity contribution in [2.45, 2.75) is 25.1 Å². The van der Waals surface area contributed by atoms with Crippen LogP contribution in [0.25, 0.3) is 11.1 Å². The number of likely N-dealkylation sites (tertiary alicyclic amines) is 1. The molecule has 3 aromatic rings. The lowest BCUT2D eigenvalue weighted by Gasteiger charge is -2.35. The Morgan fingerprint density at radius 1 is 0.833 bits per heavy atom. The Balaban J connectivity index is 1.24. The van der Waals surface area contributed by atoms with Gasteiger partial charge in [-0.15, -0.1) is 0 Å². The molecular formula is C25H24FN3O. The van der Waals surface area contributed by atoms with Gasteiger partial charge in [-0.25, -0.2) is 19.7 Å². The molecule has 1 fully saturated rings. The topological polar surface area (TPSA) is 36.9 Å². The largest absolute Gasteiger partial charge is 0.299 e. The Hall–Kier alpha value is -3.02. The molecule has 2 aliphatic heterocycles. The first-order valence-electron chi connectivity index (χ1n) is 10.4. The van der Waals surface area contributed by atoms with Crippen LogP contribution >= 0.6 is 0 Å². The van der Waals surface area contributed by atoms with Crippen LogP contribution < -0.4 is 5.48 Å². The number of piperidine rings is 1. The second-order valence-corrected chi connectivity index (χ2v) is 7.96. The molecule has 5 heteroatoms. The molecule has 2 aliphatic rings. The Morgan fingerprint density at radius 3 is 2.10 bits per heavy atom. The summed E-state index contributed by atoms with van der Waals surface area (Å²) >= 11 is 0. The van der Waals surface area contributed by atoms with Gasteiger partial charge in [0.1, 0.15) is 5.82 Å². The number of hydrogen-bond donors (Lipinski definition) is 1. The van der Waals surface area contributed by atoms with Crippen LogP contribution in [0.4, 0.5) is 4.39 Å². The number of nitrogens with zero attached hydrogens (tertiary/aromatic N) is 2. The number of amidine groups is 1. The van der Waals surface area contributed by atoms with Crippen molar-refractivity contribution in [2.24, 2.45) is 4.99 Å². The zero-order valence-electron chi connectivity index (χ0n) is 16.7. The molecule has 3 aromatic carbocycles. The predicted molar refractivity (Wildman–Crippen MR) is 116 cm³/mol. The van der Waals surface area contributed by atoms with E-state index < -0.39 is 5.72 Å². The third-order valence-electron chi connectivity index (χ3n) is 5.88. The fourth-order valence-electron chi connectivity index (χ4n) is 4.10. The summed E-state index contributed by atoms with van der Waals surface area (Å²) in [5.41, 5.74) is 6.93. The average molecular weight is 401 g/mol. The van der Waals surface area contributed by atoms with Crippen molar-refractivity contribution in [2.75, 3.05) is 13.1 Å². The van der Waals surface area contributed by atoms with Gasteiger partial charge < -0.3 is 0 Å². The molecule has 0 aliphatic carbocycles. The molecule has 2 heterocycles. The number of halogens is 1. The van der Waals surface area contributed by atoms with E-state index in [-0.39, 0.29) is 5.82 Å². The van der Waals surface area contributed by atoms with E-state index in [2.05, 4.69) is 40.7 Å². The second-order valence-electron chi connectivity index (χ2n) is 7.96. The highest BCUT2D eigenvalue weighted by Gasteiger charge is 2.40. The molecule has 0 bridgehead atoms. The van der Waals surface area contributed by atoms with Crippen LogP contribution in [-0.4, -0.2) is 29.6 Å². The number of benzene rings is 3. The van der Waals surface area contributed by atoms with Crippen molar-refractivity contribution in [3.05, 3.63) is 95.8 Å². The van der Waals surface area contributed by atoms with E-state index in [4.69, 9.17) is 9.83 Å². The van der Waals surface area contributed by atoms with Crippen molar-refractivity contribution < 1.29 is 9.23 Å². The van der Waals surface area contributed by atoms with Crippen LogP contribution in [-0.2, 0) is 11.4 Å². The van der Waals surface area contributed by atoms with Gasteiger partial charge in [-0.05, 0) is 28.8 Å². The summed E-state index contributed by atoms with van der Waals surface area (Å²) < 4.78 is 13.1. The molecule has 152 valence electrons. The van der Waals surface area contributed by atoms with E-state index in [0.717, 1.165) is 55.0 Å². The van der Waals surface area contributed by atoms with E-state index in [1.54, 1.807) is 12.1 Å². The molecule has 0 unspecified atom stereocenters. The molecule has 0 saturated carbocycles. The standard InChI is InChI=1S/C25H24FN3O/c26-23-12-10-21(11-13-23)20-6-8-22(9-7-20)24-27-25(30-28-24)14-16-29(17-15-25)18-19-4-2-1-3-5-19/h1-13H,14-18H2,(H,27,28). The first-order chi connectivity index (χ1) is 14.7. The lowest BCUT2D eigenvalue weighted by atomic mass is 10.00. The predicted octanol–water partition coefficient (Wildman–Crippen LogP) is 4.77. The van der Waals surface area contributed by atoms with Crippen molar-refractivity contribution in [1.82, 2.24) is 10.4 Å². The molecule has 30 heavy (non-hydrogen) atoms. The second kappa shape index (κ2) is 8.01. The van der Waals surface area contributed by atoms with Crippen molar-refractivity contribution >= 4 is 5.84 Å². The Morgan fingerprint density at radius 2 is 1.43 bits per heavy atom. The quantitative estimate of drug-likeness (QED) is 0.684. The number of rotatable bonds is 4. The number of hydroxylamine groups is 1. The van der Waals surface area contributed by atoms with Crippen LogP contribution in [0.5, 0.6) is 0 Å². The molecule has 1 spiro atoms. The number of nitrogens with one attached hydrogen (secondary N) is 1. The number of aliphatic imine (C=N–C) groups is 1. The van der Waals surface area contributed by atoms with Gasteiger partial charge in [-0.2, -0.15) is 0 Å². The minimum atomic E-state index is -0.474. The minimum Gasteiger partial charge on any atom is -0.299 e. The van der Waals surface area contributed by atoms with Crippen LogP contribution in [0, 0.1) is 5.82 Å². The summed E-state index contributed by atoms with van der Waals surface area (Å²) in [6, 6.07) is 25.2. The summed E-state index contributed by atoms with van der Waals surface area (Å²) in [4.78, 5) is 13.3. The zero-order valence-corrected chi connectivity index (χ0v) is 16.7. The van der Waals surface area contributed by atoms with Crippen molar-refractivity contribution in [3.8, 4) is 11.1 Å². The van der Waals surface area contributed by atoms with Gasteiger partial charge in [-0.3, -0.25) is 4.90 Å². The third-order valence-corrected chi connectivity index (χ3v) is 5.88. The third kappa shape index (κ3) is 3.99. The lowest BCUT2D eigenvalue weighted by molar-refractivity contribution is -0.0901. The Kier molecular flexibility index (Phi) is 5.07. The zero-order chi connectivity index (χ0) is 20.4. The van der Waals surface area contributed by atoms with Gasteiger partial charge in [0, 0.05) is 38.0 Å². The SMILES string of the molecule is Fc1ccc(-c2ccc(C3=NC4(CCN(Cc5ccccc5)CC4)ON3)cc2)cc1. The summed E-state index contributed by atoms with van der Waals surface area (Å²) in [5.74, 6) is 0.550. The maximum atomic E-state index is 13.1. The van der Waals surface area contributed by atoms with E-state index >= 15 is 0 Å². The van der Waals surface area contributed by atoms with Gasteiger partial charge in [0.2, 0.25) is 0 Å². The summed E-state index contributed by atoms with van der Waals surface area (Å²) in [7, 11) is 0. The molecule has 1 N–H and O–H groups in total. The van der Waals surface area contributed by atoms with Crippen LogP contribution in [0.1, 0.15) is 24.0 Å². The molecule has 4 nitrogen and oxygen atoms in total. The van der Waals surface area contributed by atoms with E-state index in [9.17, 15) is 4.39 Å². The summed E-state index contributed by atoms with van der Waals surface area (Å²) in [6.45, 7) is 2.87. The van der Waals surface area contributed by atoms with Gasteiger partial charge in [0.25, 0.3) is 0 Å². The highest BCUT2D eigenvalue weighted by Crippen LogP contribution is 2.32. The Labute approximate surface area is 176 Å². The molecule has 0 radical (unpaired) electrons. The first kappa shape index (κ1) is 19.0. The van der Waals surface area contributed by atoms with E-state index in [1.807, 2.05) is 24.3 Å². The van der Waals surface area contributed by atoms with Gasteiger partial charge in [0.15, 0.2) is 11.6 Å². The maximum absolute atomic E-state index is 13.1. The van der Waals surface area contributed by atoms with Gasteiger partial charge in [-0.1, -0.05) is 66.7 Å². The molecule has 1 saturated heterocycles. The van der Waals surface area contributed by atoms with Crippen molar-refractivity contribution in [1.29, 1.82) is 0 Å². The molecule has 0 atom stereocenters. The lowest BCUT2D eigenvalue weighted by Crippen LogP contribution is -2.44. The highest BCUT2D eigenvalue weighted by atomic mass is 19.1. The monoisotopic (exact) mass is 401 g/mol.